The average molecular weight is 447 g/mol. The van der Waals surface area contributed by atoms with Crippen LogP contribution in [0, 0.1) is 0 Å². The van der Waals surface area contributed by atoms with Gasteiger partial charge in [-0.25, -0.2) is 0 Å². The number of allylic oxidation sites excluding steroid dienone is 8. The van der Waals surface area contributed by atoms with Crippen molar-refractivity contribution in [1.82, 2.24) is 0 Å². The fraction of sp³-hybridized carbons (Fsp3) is 0.619. The Balaban J connectivity index is 0.00000144. The number of halogens is 2. The maximum absolute atomic E-state index is 2.78. The van der Waals surface area contributed by atoms with Gasteiger partial charge in [0.2, 0.25) is 0 Å². The Morgan fingerprint density at radius 3 is 1.50 bits per heavy atom. The van der Waals surface area contributed by atoms with Gasteiger partial charge in [-0.2, -0.15) is 0 Å². The summed E-state index contributed by atoms with van der Waals surface area (Å²) in [6, 6.07) is 0. The zero-order valence-electron chi connectivity index (χ0n) is 15.9. The summed E-state index contributed by atoms with van der Waals surface area (Å²) in [4.78, 5) is 0. The predicted molar refractivity (Wildman–Crippen MR) is 94.8 cm³/mol. The van der Waals surface area contributed by atoms with Crippen molar-refractivity contribution in [3.05, 3.63) is 41.0 Å². The second kappa shape index (κ2) is 8.88. The topological polar surface area (TPSA) is 0 Å². The summed E-state index contributed by atoms with van der Waals surface area (Å²) >= 11 is -2.43. The molecule has 1 fully saturated rings. The molecule has 0 N–H and O–H groups in total. The van der Waals surface area contributed by atoms with Crippen LogP contribution in [0.1, 0.15) is 72.6 Å². The first-order valence-corrected chi connectivity index (χ1v) is 15.5. The molecule has 134 valence electrons. The van der Waals surface area contributed by atoms with E-state index in [0.29, 0.717) is 0 Å². The monoisotopic (exact) mass is 444 g/mol. The van der Waals surface area contributed by atoms with Crippen LogP contribution in [-0.4, -0.2) is 0 Å². The molecule has 0 atom stereocenters. The molecule has 0 aromatic carbocycles. The third kappa shape index (κ3) is 4.05. The molecular weight excluding hydrogens is 414 g/mol. The Hall–Kier alpha value is 0.423. The zero-order chi connectivity index (χ0) is 15.9. The summed E-state index contributed by atoms with van der Waals surface area (Å²) in [5, 5.41) is 0. The van der Waals surface area contributed by atoms with Crippen LogP contribution >= 0.6 is 0 Å². The number of rotatable bonds is 3. The maximum atomic E-state index is 2.78. The second-order valence-electron chi connectivity index (χ2n) is 8.16. The van der Waals surface area contributed by atoms with Gasteiger partial charge in [-0.3, -0.25) is 0 Å². The van der Waals surface area contributed by atoms with Crippen molar-refractivity contribution in [3.8, 4) is 0 Å². The van der Waals surface area contributed by atoms with Crippen molar-refractivity contribution in [2.24, 2.45) is 0 Å². The quantitative estimate of drug-likeness (QED) is 0.611. The first-order chi connectivity index (χ1) is 10.4. The van der Waals surface area contributed by atoms with Crippen LogP contribution in [-0.2, 0) is 20.3 Å². The van der Waals surface area contributed by atoms with E-state index >= 15 is 0 Å². The summed E-state index contributed by atoms with van der Waals surface area (Å²) in [5.74, 6) is 0. The second-order valence-corrected chi connectivity index (χ2v) is 19.2. The van der Waals surface area contributed by atoms with Gasteiger partial charge in [-0.15, -0.1) is 0 Å². The molecule has 0 radical (unpaired) electrons. The van der Waals surface area contributed by atoms with E-state index in [1.54, 1.807) is 22.3 Å². The van der Waals surface area contributed by atoms with Gasteiger partial charge in [0.25, 0.3) is 0 Å². The minimum Gasteiger partial charge on any atom is -1.00 e. The fourth-order valence-corrected chi connectivity index (χ4v) is 17.9. The normalized spacial score (nSPS) is 21.5. The smallest absolute Gasteiger partial charge is 1.00 e. The molecule has 0 aromatic rings. The number of hydrogen-bond acceptors (Lipinski definition) is 0. The van der Waals surface area contributed by atoms with Gasteiger partial charge in [0.15, 0.2) is 0 Å². The van der Waals surface area contributed by atoms with Gasteiger partial charge in [0.05, 0.1) is 0 Å². The Morgan fingerprint density at radius 1 is 0.750 bits per heavy atom. The van der Waals surface area contributed by atoms with Crippen molar-refractivity contribution >= 4 is 0 Å². The Labute approximate surface area is 166 Å². The van der Waals surface area contributed by atoms with Crippen LogP contribution in [0.15, 0.2) is 41.0 Å². The fourth-order valence-electron chi connectivity index (χ4n) is 4.80. The predicted octanol–water partition coefficient (Wildman–Crippen LogP) is 1.20. The molecule has 0 bridgehead atoms. The minimum absolute atomic E-state index is 0. The van der Waals surface area contributed by atoms with E-state index in [0.717, 1.165) is 3.63 Å². The minimum atomic E-state index is -2.43. The van der Waals surface area contributed by atoms with Crippen molar-refractivity contribution < 1.29 is 45.1 Å². The third-order valence-electron chi connectivity index (χ3n) is 6.79. The standard InChI is InChI=1S/2C7H9.C6H11.CH3.2ClH.Zr/c2*1-6-4-3-5-7(6)2;1-2-4-6-5-3-1;;;;/h2*4H,5H2,1-2H3;1H,2-6H2;1H3;2*1H;/q;;;;;;+2/p-2. The van der Waals surface area contributed by atoms with Crippen molar-refractivity contribution in [2.45, 2.75) is 80.9 Å². The summed E-state index contributed by atoms with van der Waals surface area (Å²) < 4.78 is 7.65. The van der Waals surface area contributed by atoms with Gasteiger partial charge >= 0.3 is 142 Å². The first-order valence-electron chi connectivity index (χ1n) is 9.17. The van der Waals surface area contributed by atoms with E-state index in [4.69, 9.17) is 0 Å². The SMILES string of the molecule is CC1=C(C)C[C]([Zr+2]([CH3])([C]2=CC(C)=C(C)C2)[CH]2CCCCC2)=C1.[Cl-].[Cl-]. The molecule has 0 nitrogen and oxygen atoms in total. The summed E-state index contributed by atoms with van der Waals surface area (Å²) in [5.41, 5.74) is 6.39. The van der Waals surface area contributed by atoms with E-state index in [-0.39, 0.29) is 24.8 Å². The van der Waals surface area contributed by atoms with Crippen molar-refractivity contribution in [3.63, 3.8) is 0 Å². The Kier molecular flexibility index (Phi) is 8.31. The molecule has 0 amide bonds. The van der Waals surface area contributed by atoms with E-state index < -0.39 is 20.3 Å². The van der Waals surface area contributed by atoms with Crippen molar-refractivity contribution in [2.75, 3.05) is 0 Å². The van der Waals surface area contributed by atoms with Crippen LogP contribution in [0.5, 0.6) is 0 Å². The first kappa shape index (κ1) is 22.5. The van der Waals surface area contributed by atoms with Crippen LogP contribution < -0.4 is 24.8 Å². The van der Waals surface area contributed by atoms with Gasteiger partial charge in [-0.1, -0.05) is 0 Å². The van der Waals surface area contributed by atoms with E-state index in [1.165, 1.54) is 44.9 Å². The summed E-state index contributed by atoms with van der Waals surface area (Å²) in [6.07, 6.45) is 15.3. The number of hydrogen-bond donors (Lipinski definition) is 0. The van der Waals surface area contributed by atoms with Gasteiger partial charge in [0, 0.05) is 0 Å². The van der Waals surface area contributed by atoms with Crippen LogP contribution in [0.25, 0.3) is 0 Å². The molecule has 0 aromatic heterocycles. The molecule has 1 saturated carbocycles. The van der Waals surface area contributed by atoms with Crippen molar-refractivity contribution in [1.29, 1.82) is 0 Å². The molecule has 3 aliphatic rings. The van der Waals surface area contributed by atoms with Gasteiger partial charge in [0.1, 0.15) is 0 Å². The molecule has 0 spiro atoms. The molecule has 3 rings (SSSR count). The molecule has 0 aliphatic heterocycles. The average Bonchev–Trinajstić information content (AvgIpc) is 3.03. The molecule has 0 saturated heterocycles. The zero-order valence-corrected chi connectivity index (χ0v) is 19.9. The van der Waals surface area contributed by atoms with Gasteiger partial charge < -0.3 is 24.8 Å². The van der Waals surface area contributed by atoms with Gasteiger partial charge in [-0.05, 0) is 0 Å². The van der Waals surface area contributed by atoms with E-state index in [2.05, 4.69) is 44.5 Å². The summed E-state index contributed by atoms with van der Waals surface area (Å²) in [7, 11) is 0. The molecule has 0 unspecified atom stereocenters. The molecule has 3 aliphatic carbocycles. The molecule has 3 heteroatoms. The third-order valence-corrected chi connectivity index (χ3v) is 20.4. The Morgan fingerprint density at radius 2 is 1.17 bits per heavy atom. The maximum Gasteiger partial charge on any atom is -1.00 e. The van der Waals surface area contributed by atoms with E-state index in [1.807, 2.05) is 6.56 Å². The Bertz CT molecular complexity index is 559. The molecular formula is C21H32Cl2Zr. The van der Waals surface area contributed by atoms with Crippen LogP contribution in [0.4, 0.5) is 0 Å². The van der Waals surface area contributed by atoms with E-state index in [9.17, 15) is 0 Å². The molecule has 0 heterocycles. The largest absolute Gasteiger partial charge is 1.00 e. The summed E-state index contributed by atoms with van der Waals surface area (Å²) in [6.45, 7) is 9.36. The van der Waals surface area contributed by atoms with Crippen LogP contribution in [0.2, 0.25) is 8.26 Å². The van der Waals surface area contributed by atoms with Crippen LogP contribution in [0.3, 0.4) is 0 Å². The molecule has 24 heavy (non-hydrogen) atoms.